The van der Waals surface area contributed by atoms with Crippen molar-refractivity contribution >= 4 is 5.97 Å². The number of hydrogen-bond acceptors (Lipinski definition) is 4. The molecule has 2 fully saturated rings. The highest BCUT2D eigenvalue weighted by atomic mass is 16.5. The summed E-state index contributed by atoms with van der Waals surface area (Å²) in [6, 6.07) is 0. The number of nitrogens with one attached hydrogen (secondary N) is 1. The summed E-state index contributed by atoms with van der Waals surface area (Å²) in [7, 11) is 0. The SMILES string of the molecule is CCC1(C)CC(C(=O)O)(N2CCCNCC2)CCO1. The number of aliphatic carboxylic acids is 1. The van der Waals surface area contributed by atoms with Gasteiger partial charge in [-0.15, -0.1) is 0 Å². The van der Waals surface area contributed by atoms with Crippen LogP contribution < -0.4 is 5.32 Å². The van der Waals surface area contributed by atoms with Gasteiger partial charge in [-0.3, -0.25) is 9.69 Å². The third kappa shape index (κ3) is 2.93. The Labute approximate surface area is 115 Å². The summed E-state index contributed by atoms with van der Waals surface area (Å²) in [5.41, 5.74) is -1.05. The van der Waals surface area contributed by atoms with E-state index in [2.05, 4.69) is 17.1 Å². The second-order valence-corrected chi connectivity index (χ2v) is 6.01. The van der Waals surface area contributed by atoms with E-state index >= 15 is 0 Å². The maximum absolute atomic E-state index is 12.0. The van der Waals surface area contributed by atoms with Crippen molar-refractivity contribution in [2.75, 3.05) is 32.8 Å². The van der Waals surface area contributed by atoms with Crippen LogP contribution in [0.4, 0.5) is 0 Å². The van der Waals surface area contributed by atoms with E-state index in [-0.39, 0.29) is 5.60 Å². The van der Waals surface area contributed by atoms with Crippen LogP contribution in [0, 0.1) is 0 Å². The van der Waals surface area contributed by atoms with Gasteiger partial charge in [-0.25, -0.2) is 0 Å². The summed E-state index contributed by atoms with van der Waals surface area (Å²) in [5, 5.41) is 13.2. The summed E-state index contributed by atoms with van der Waals surface area (Å²) in [5.74, 6) is -0.683. The standard InChI is InChI=1S/C14H26N2O3/c1-3-13(2)11-14(12(17)18,5-10-19-13)16-8-4-6-15-7-9-16/h15H,3-11H2,1-2H3,(H,17,18). The molecule has 0 spiro atoms. The van der Waals surface area contributed by atoms with Gasteiger partial charge in [-0.2, -0.15) is 0 Å². The summed E-state index contributed by atoms with van der Waals surface area (Å²) < 4.78 is 5.84. The van der Waals surface area contributed by atoms with Crippen molar-refractivity contribution in [2.24, 2.45) is 0 Å². The molecule has 0 aromatic carbocycles. The van der Waals surface area contributed by atoms with Crippen LogP contribution in [0.25, 0.3) is 0 Å². The van der Waals surface area contributed by atoms with E-state index in [1.54, 1.807) is 0 Å². The van der Waals surface area contributed by atoms with Gasteiger partial charge in [0.1, 0.15) is 5.54 Å². The number of carboxylic acid groups (broad SMARTS) is 1. The molecule has 5 nitrogen and oxygen atoms in total. The predicted octanol–water partition coefficient (Wildman–Crippen LogP) is 1.08. The van der Waals surface area contributed by atoms with Crippen molar-refractivity contribution in [3.63, 3.8) is 0 Å². The largest absolute Gasteiger partial charge is 0.480 e. The average Bonchev–Trinajstić information content (AvgIpc) is 2.67. The van der Waals surface area contributed by atoms with Crippen LogP contribution in [0.2, 0.25) is 0 Å². The third-order valence-electron chi connectivity index (χ3n) is 4.72. The molecular weight excluding hydrogens is 244 g/mol. The molecule has 2 heterocycles. The monoisotopic (exact) mass is 270 g/mol. The Bertz CT molecular complexity index is 329. The number of rotatable bonds is 3. The van der Waals surface area contributed by atoms with Crippen LogP contribution in [0.5, 0.6) is 0 Å². The topological polar surface area (TPSA) is 61.8 Å². The van der Waals surface area contributed by atoms with E-state index in [0.717, 1.165) is 39.0 Å². The van der Waals surface area contributed by atoms with E-state index in [0.29, 0.717) is 19.4 Å². The van der Waals surface area contributed by atoms with Crippen LogP contribution in [0.1, 0.15) is 39.5 Å². The first kappa shape index (κ1) is 14.8. The minimum Gasteiger partial charge on any atom is -0.480 e. The number of carbonyl (C=O) groups is 1. The number of nitrogens with zero attached hydrogens (tertiary/aromatic N) is 1. The van der Waals surface area contributed by atoms with Crippen LogP contribution in [0.15, 0.2) is 0 Å². The highest BCUT2D eigenvalue weighted by Crippen LogP contribution is 2.38. The molecule has 2 rings (SSSR count). The quantitative estimate of drug-likeness (QED) is 0.803. The highest BCUT2D eigenvalue weighted by Gasteiger charge is 2.51. The molecule has 2 unspecified atom stereocenters. The maximum Gasteiger partial charge on any atom is 0.324 e. The van der Waals surface area contributed by atoms with E-state index in [9.17, 15) is 9.90 Å². The Morgan fingerprint density at radius 2 is 2.21 bits per heavy atom. The van der Waals surface area contributed by atoms with Gasteiger partial charge in [0, 0.05) is 32.7 Å². The summed E-state index contributed by atoms with van der Waals surface area (Å²) in [6.07, 6.45) is 3.05. The molecule has 0 aromatic rings. The minimum absolute atomic E-state index is 0.309. The molecular formula is C14H26N2O3. The molecule has 5 heteroatoms. The second-order valence-electron chi connectivity index (χ2n) is 6.01. The van der Waals surface area contributed by atoms with Gasteiger partial charge in [0.25, 0.3) is 0 Å². The predicted molar refractivity (Wildman–Crippen MR) is 73.3 cm³/mol. The molecule has 2 aliphatic heterocycles. The molecule has 0 radical (unpaired) electrons. The molecule has 2 N–H and O–H groups in total. The molecule has 2 atom stereocenters. The van der Waals surface area contributed by atoms with Crippen LogP contribution in [-0.2, 0) is 9.53 Å². The lowest BCUT2D eigenvalue weighted by atomic mass is 9.77. The fraction of sp³-hybridized carbons (Fsp3) is 0.929. The van der Waals surface area contributed by atoms with Gasteiger partial charge in [0.05, 0.1) is 5.60 Å². The molecule has 0 aliphatic carbocycles. The zero-order valence-electron chi connectivity index (χ0n) is 12.1. The van der Waals surface area contributed by atoms with E-state index in [1.165, 1.54) is 0 Å². The normalized spacial score (nSPS) is 37.8. The Morgan fingerprint density at radius 3 is 2.89 bits per heavy atom. The lowest BCUT2D eigenvalue weighted by Gasteiger charge is -2.49. The van der Waals surface area contributed by atoms with Crippen LogP contribution in [-0.4, -0.2) is 59.9 Å². The molecule has 0 saturated carbocycles. The lowest BCUT2D eigenvalue weighted by molar-refractivity contribution is -0.175. The van der Waals surface area contributed by atoms with Crippen molar-refractivity contribution in [1.29, 1.82) is 0 Å². The first-order valence-electron chi connectivity index (χ1n) is 7.36. The van der Waals surface area contributed by atoms with E-state index < -0.39 is 11.5 Å². The Balaban J connectivity index is 2.23. The molecule has 2 saturated heterocycles. The smallest absolute Gasteiger partial charge is 0.324 e. The average molecular weight is 270 g/mol. The van der Waals surface area contributed by atoms with E-state index in [1.807, 2.05) is 6.92 Å². The van der Waals surface area contributed by atoms with Crippen molar-refractivity contribution in [1.82, 2.24) is 10.2 Å². The van der Waals surface area contributed by atoms with Crippen molar-refractivity contribution in [3.8, 4) is 0 Å². The molecule has 0 aromatic heterocycles. The Morgan fingerprint density at radius 1 is 1.42 bits per heavy atom. The number of hydrogen-bond donors (Lipinski definition) is 2. The van der Waals surface area contributed by atoms with Gasteiger partial charge in [0.2, 0.25) is 0 Å². The maximum atomic E-state index is 12.0. The third-order valence-corrected chi connectivity index (χ3v) is 4.72. The van der Waals surface area contributed by atoms with Gasteiger partial charge < -0.3 is 15.2 Å². The van der Waals surface area contributed by atoms with Gasteiger partial charge in [0.15, 0.2) is 0 Å². The van der Waals surface area contributed by atoms with Crippen molar-refractivity contribution < 1.29 is 14.6 Å². The van der Waals surface area contributed by atoms with Crippen molar-refractivity contribution in [2.45, 2.75) is 50.7 Å². The Hall–Kier alpha value is -0.650. The summed E-state index contributed by atoms with van der Waals surface area (Å²) in [4.78, 5) is 14.1. The first-order chi connectivity index (χ1) is 9.02. The highest BCUT2D eigenvalue weighted by molar-refractivity contribution is 5.79. The van der Waals surface area contributed by atoms with Crippen LogP contribution >= 0.6 is 0 Å². The van der Waals surface area contributed by atoms with Gasteiger partial charge >= 0.3 is 5.97 Å². The number of carboxylic acids is 1. The fourth-order valence-corrected chi connectivity index (χ4v) is 3.31. The molecule has 2 aliphatic rings. The zero-order chi connectivity index (χ0) is 13.9. The molecule has 0 amide bonds. The summed E-state index contributed by atoms with van der Waals surface area (Å²) >= 11 is 0. The fourth-order valence-electron chi connectivity index (χ4n) is 3.31. The number of ether oxygens (including phenoxy) is 1. The van der Waals surface area contributed by atoms with Crippen LogP contribution in [0.3, 0.4) is 0 Å². The zero-order valence-corrected chi connectivity index (χ0v) is 12.1. The molecule has 0 bridgehead atoms. The van der Waals surface area contributed by atoms with Gasteiger partial charge in [-0.1, -0.05) is 6.92 Å². The van der Waals surface area contributed by atoms with Crippen molar-refractivity contribution in [3.05, 3.63) is 0 Å². The first-order valence-corrected chi connectivity index (χ1v) is 7.36. The molecule has 110 valence electrons. The lowest BCUT2D eigenvalue weighted by Crippen LogP contribution is -2.62. The second kappa shape index (κ2) is 5.77. The Kier molecular flexibility index (Phi) is 4.48. The van der Waals surface area contributed by atoms with Gasteiger partial charge in [-0.05, 0) is 32.7 Å². The minimum atomic E-state index is -0.741. The summed E-state index contributed by atoms with van der Waals surface area (Å²) in [6.45, 7) is 8.18. The van der Waals surface area contributed by atoms with E-state index in [4.69, 9.17) is 4.74 Å². The molecule has 19 heavy (non-hydrogen) atoms.